The number of rotatable bonds is 3. The summed E-state index contributed by atoms with van der Waals surface area (Å²) in [6.07, 6.45) is -0.0301. The van der Waals surface area contributed by atoms with Crippen molar-refractivity contribution in [1.82, 2.24) is 0 Å². The van der Waals surface area contributed by atoms with Gasteiger partial charge >= 0.3 is 5.97 Å². The Morgan fingerprint density at radius 2 is 1.75 bits per heavy atom. The number of carboxylic acids is 1. The fourth-order valence-corrected chi connectivity index (χ4v) is 3.37. The molecule has 0 atom stereocenters. The molecule has 0 bridgehead atoms. The zero-order valence-electron chi connectivity index (χ0n) is 16.6. The first-order valence-corrected chi connectivity index (χ1v) is 9.59. The molecule has 0 amide bonds. The predicted molar refractivity (Wildman–Crippen MR) is 117 cm³/mol. The average molecular weight is 391 g/mol. The third kappa shape index (κ3) is 4.55. The molecule has 3 aromatic rings. The molecule has 0 unspecified atom stereocenters. The van der Waals surface area contributed by atoms with E-state index in [1.165, 1.54) is 0 Å². The average Bonchev–Trinajstić information content (AvgIpc) is 2.61. The lowest BCUT2D eigenvalue weighted by Crippen LogP contribution is -2.05. The van der Waals surface area contributed by atoms with E-state index in [9.17, 15) is 9.90 Å². The molecular weight excluding hydrogens is 368 g/mol. The highest BCUT2D eigenvalue weighted by Crippen LogP contribution is 2.36. The normalized spacial score (nSPS) is 11.2. The molecule has 3 heteroatoms. The Morgan fingerprint density at radius 1 is 1.07 bits per heavy atom. The van der Waals surface area contributed by atoms with Crippen LogP contribution in [-0.4, -0.2) is 11.1 Å². The van der Waals surface area contributed by atoms with Crippen LogP contribution in [0.15, 0.2) is 48.5 Å². The zero-order chi connectivity index (χ0) is 20.5. The van der Waals surface area contributed by atoms with Gasteiger partial charge in [0.05, 0.1) is 6.42 Å². The lowest BCUT2D eigenvalue weighted by molar-refractivity contribution is -0.136. The van der Waals surface area contributed by atoms with Crippen LogP contribution in [0, 0.1) is 24.2 Å². The molecule has 0 aliphatic heterocycles. The number of fused-ring (bicyclic) bond motifs is 1. The van der Waals surface area contributed by atoms with Gasteiger partial charge in [0.1, 0.15) is 0 Å². The molecule has 0 aromatic heterocycles. The van der Waals surface area contributed by atoms with Gasteiger partial charge in [-0.15, -0.1) is 0 Å². The SMILES string of the molecule is Cc1cc2ccc(C#CC(C)(C)C)cc2c(-c2ccc(Cl)cc2)c1CC(=O)O. The fraction of sp³-hybridized carbons (Fsp3) is 0.240. The van der Waals surface area contributed by atoms with E-state index in [1.54, 1.807) is 0 Å². The standard InChI is InChI=1S/C25H23ClO2/c1-16-13-19-6-5-17(11-12-25(2,3)4)14-22(19)24(21(16)15-23(27)28)18-7-9-20(26)10-8-18/h5-10,13-14H,15H2,1-4H3,(H,27,28). The lowest BCUT2D eigenvalue weighted by Gasteiger charge is -2.16. The van der Waals surface area contributed by atoms with Crippen LogP contribution in [0.5, 0.6) is 0 Å². The summed E-state index contributed by atoms with van der Waals surface area (Å²) < 4.78 is 0. The van der Waals surface area contributed by atoms with Gasteiger partial charge in [-0.1, -0.05) is 47.7 Å². The maximum Gasteiger partial charge on any atom is 0.307 e. The van der Waals surface area contributed by atoms with Gasteiger partial charge in [-0.25, -0.2) is 0 Å². The summed E-state index contributed by atoms with van der Waals surface area (Å²) in [4.78, 5) is 11.5. The molecule has 28 heavy (non-hydrogen) atoms. The topological polar surface area (TPSA) is 37.3 Å². The highest BCUT2D eigenvalue weighted by molar-refractivity contribution is 6.30. The molecule has 3 aromatic carbocycles. The molecule has 0 heterocycles. The monoisotopic (exact) mass is 390 g/mol. The third-order valence-electron chi connectivity index (χ3n) is 4.52. The summed E-state index contributed by atoms with van der Waals surface area (Å²) in [6, 6.07) is 15.7. The largest absolute Gasteiger partial charge is 0.481 e. The van der Waals surface area contributed by atoms with Crippen molar-refractivity contribution in [1.29, 1.82) is 0 Å². The second-order valence-electron chi connectivity index (χ2n) is 8.06. The summed E-state index contributed by atoms with van der Waals surface area (Å²) in [5.74, 6) is 5.67. The number of aryl methyl sites for hydroxylation is 1. The van der Waals surface area contributed by atoms with Gasteiger partial charge in [0.25, 0.3) is 0 Å². The van der Waals surface area contributed by atoms with E-state index >= 15 is 0 Å². The lowest BCUT2D eigenvalue weighted by atomic mass is 9.88. The van der Waals surface area contributed by atoms with Crippen LogP contribution in [0.3, 0.4) is 0 Å². The van der Waals surface area contributed by atoms with Crippen molar-refractivity contribution in [2.24, 2.45) is 5.41 Å². The highest BCUT2D eigenvalue weighted by atomic mass is 35.5. The van der Waals surface area contributed by atoms with Crippen molar-refractivity contribution < 1.29 is 9.90 Å². The minimum atomic E-state index is -0.846. The number of carboxylic acid groups (broad SMARTS) is 1. The molecule has 0 aliphatic carbocycles. The Hall–Kier alpha value is -2.76. The Bertz CT molecular complexity index is 1110. The van der Waals surface area contributed by atoms with E-state index in [0.717, 1.165) is 38.6 Å². The van der Waals surface area contributed by atoms with E-state index < -0.39 is 5.97 Å². The Balaban J connectivity index is 2.33. The molecule has 0 aliphatic rings. The van der Waals surface area contributed by atoms with Crippen LogP contribution in [-0.2, 0) is 11.2 Å². The summed E-state index contributed by atoms with van der Waals surface area (Å²) in [7, 11) is 0. The van der Waals surface area contributed by atoms with Crippen LogP contribution in [0.2, 0.25) is 5.02 Å². The van der Waals surface area contributed by atoms with Crippen molar-refractivity contribution in [3.05, 3.63) is 70.2 Å². The maximum atomic E-state index is 11.5. The fourth-order valence-electron chi connectivity index (χ4n) is 3.24. The molecule has 0 saturated carbocycles. The van der Waals surface area contributed by atoms with Crippen molar-refractivity contribution in [2.45, 2.75) is 34.1 Å². The molecule has 0 spiro atoms. The Morgan fingerprint density at radius 3 is 2.36 bits per heavy atom. The molecule has 3 rings (SSSR count). The Labute approximate surface area is 171 Å². The number of hydrogen-bond acceptors (Lipinski definition) is 1. The van der Waals surface area contributed by atoms with Crippen LogP contribution in [0.4, 0.5) is 0 Å². The van der Waals surface area contributed by atoms with E-state index in [-0.39, 0.29) is 11.8 Å². The smallest absolute Gasteiger partial charge is 0.307 e. The highest BCUT2D eigenvalue weighted by Gasteiger charge is 2.16. The number of halogens is 1. The molecule has 1 N–H and O–H groups in total. The van der Waals surface area contributed by atoms with Gasteiger partial charge in [0, 0.05) is 16.0 Å². The van der Waals surface area contributed by atoms with Crippen LogP contribution in [0.1, 0.15) is 37.5 Å². The van der Waals surface area contributed by atoms with Crippen LogP contribution >= 0.6 is 11.6 Å². The van der Waals surface area contributed by atoms with Crippen LogP contribution in [0.25, 0.3) is 21.9 Å². The minimum Gasteiger partial charge on any atom is -0.481 e. The van der Waals surface area contributed by atoms with Gasteiger partial charge < -0.3 is 5.11 Å². The first kappa shape index (κ1) is 20.0. The second-order valence-corrected chi connectivity index (χ2v) is 8.50. The molecular formula is C25H23ClO2. The van der Waals surface area contributed by atoms with E-state index in [0.29, 0.717) is 5.02 Å². The van der Waals surface area contributed by atoms with Gasteiger partial charge in [-0.2, -0.15) is 0 Å². The van der Waals surface area contributed by atoms with Crippen LogP contribution < -0.4 is 0 Å². The van der Waals surface area contributed by atoms with Crippen molar-refractivity contribution >= 4 is 28.3 Å². The summed E-state index contributed by atoms with van der Waals surface area (Å²) >= 11 is 6.07. The van der Waals surface area contributed by atoms with Gasteiger partial charge in [0.15, 0.2) is 0 Å². The van der Waals surface area contributed by atoms with E-state index in [4.69, 9.17) is 11.6 Å². The zero-order valence-corrected chi connectivity index (χ0v) is 17.3. The molecule has 2 nitrogen and oxygen atoms in total. The van der Waals surface area contributed by atoms with Crippen molar-refractivity contribution in [2.75, 3.05) is 0 Å². The number of benzene rings is 3. The summed E-state index contributed by atoms with van der Waals surface area (Å²) in [5, 5.41) is 12.2. The predicted octanol–water partition coefficient (Wildman–Crippen LogP) is 6.49. The van der Waals surface area contributed by atoms with E-state index in [2.05, 4.69) is 44.7 Å². The van der Waals surface area contributed by atoms with Gasteiger partial charge in [0.2, 0.25) is 0 Å². The quantitative estimate of drug-likeness (QED) is 0.518. The number of hydrogen-bond donors (Lipinski definition) is 1. The maximum absolute atomic E-state index is 11.5. The number of aliphatic carboxylic acids is 1. The molecule has 0 fully saturated rings. The van der Waals surface area contributed by atoms with Crippen molar-refractivity contribution in [3.8, 4) is 23.0 Å². The summed E-state index contributed by atoms with van der Waals surface area (Å²) in [6.45, 7) is 8.20. The summed E-state index contributed by atoms with van der Waals surface area (Å²) in [5.41, 5.74) is 4.51. The molecule has 0 radical (unpaired) electrons. The van der Waals surface area contributed by atoms with Crippen molar-refractivity contribution in [3.63, 3.8) is 0 Å². The third-order valence-corrected chi connectivity index (χ3v) is 4.77. The van der Waals surface area contributed by atoms with Gasteiger partial charge in [-0.3, -0.25) is 4.79 Å². The first-order valence-electron chi connectivity index (χ1n) is 9.21. The second kappa shape index (κ2) is 7.70. The molecule has 0 saturated heterocycles. The molecule has 142 valence electrons. The van der Waals surface area contributed by atoms with E-state index in [1.807, 2.05) is 43.3 Å². The van der Waals surface area contributed by atoms with Gasteiger partial charge in [-0.05, 0) is 85.0 Å². The first-order chi connectivity index (χ1) is 13.1. The number of carbonyl (C=O) groups is 1. The Kier molecular flexibility index (Phi) is 5.49. The minimum absolute atomic E-state index is 0.0301.